The molecule has 0 aromatic heterocycles. The maximum Gasteiger partial charge on any atom is 0.307 e. The topological polar surface area (TPSA) is 115 Å². The van der Waals surface area contributed by atoms with E-state index in [1.54, 1.807) is 0 Å². The quantitative estimate of drug-likeness (QED) is 0.0256. The van der Waals surface area contributed by atoms with Gasteiger partial charge in [0.1, 0.15) is 0 Å². The van der Waals surface area contributed by atoms with E-state index >= 15 is 0 Å². The van der Waals surface area contributed by atoms with E-state index in [0.717, 1.165) is 96.8 Å². The first-order chi connectivity index (χ1) is 27.7. The van der Waals surface area contributed by atoms with Crippen molar-refractivity contribution in [2.24, 2.45) is 0 Å². The van der Waals surface area contributed by atoms with Crippen LogP contribution in [0.5, 0.6) is 0 Å². The molecule has 0 unspecified atom stereocenters. The Morgan fingerprint density at radius 3 is 0.965 bits per heavy atom. The van der Waals surface area contributed by atoms with Gasteiger partial charge in [-0.2, -0.15) is 0 Å². The average Bonchev–Trinajstić information content (AvgIpc) is 3.20. The van der Waals surface area contributed by atoms with E-state index in [2.05, 4.69) is 79.0 Å². The number of ether oxygens (including phenoxy) is 4. The van der Waals surface area contributed by atoms with Gasteiger partial charge >= 0.3 is 23.9 Å². The van der Waals surface area contributed by atoms with Crippen molar-refractivity contribution in [2.75, 3.05) is 85.8 Å². The zero-order valence-electron chi connectivity index (χ0n) is 37.0. The van der Waals surface area contributed by atoms with Gasteiger partial charge in [-0.15, -0.1) is 0 Å². The second kappa shape index (κ2) is 41.2. The fraction of sp³-hybridized carbons (Fsp3) is 0.783. The molecule has 0 amide bonds. The maximum absolute atomic E-state index is 12.5. The first-order valence-corrected chi connectivity index (χ1v) is 22.5. The number of esters is 4. The molecule has 0 saturated carbocycles. The van der Waals surface area contributed by atoms with Crippen LogP contribution in [-0.4, -0.2) is 124 Å². The van der Waals surface area contributed by atoms with Crippen LogP contribution < -0.4 is 0 Å². The second-order valence-corrected chi connectivity index (χ2v) is 14.8. The van der Waals surface area contributed by atoms with Crippen LogP contribution in [0.4, 0.5) is 0 Å². The molecule has 0 radical (unpaired) electrons. The van der Waals surface area contributed by atoms with Gasteiger partial charge in [-0.1, -0.05) is 103 Å². The van der Waals surface area contributed by atoms with Crippen molar-refractivity contribution >= 4 is 23.9 Å². The molecule has 0 bridgehead atoms. The van der Waals surface area contributed by atoms with Crippen LogP contribution in [0.2, 0.25) is 0 Å². The van der Waals surface area contributed by atoms with Crippen LogP contribution >= 0.6 is 0 Å². The predicted molar refractivity (Wildman–Crippen MR) is 232 cm³/mol. The van der Waals surface area contributed by atoms with Crippen molar-refractivity contribution in [2.45, 2.75) is 150 Å². The number of carbonyl (C=O) groups is 4. The minimum atomic E-state index is -0.220. The standard InChI is InChI=1S/C46H83N3O8/c1-6-10-13-16-19-22-40-55-44(51)28-36-48(35-27-43(50)54-39-9-4)33-25-31-47(5)32-26-34-49(37-29-45(52)56-41-23-20-17-14-11-7-2)38-30-46(53)57-42-24-21-18-15-12-8-3/h16-21H,6-15,22-42H2,1-5H3/b19-16-,20-17-,21-18-. The molecule has 0 fully saturated rings. The summed E-state index contributed by atoms with van der Waals surface area (Å²) in [6.45, 7) is 15.4. The molecule has 11 heteroatoms. The van der Waals surface area contributed by atoms with Crippen molar-refractivity contribution in [1.29, 1.82) is 0 Å². The van der Waals surface area contributed by atoms with Gasteiger partial charge < -0.3 is 33.6 Å². The van der Waals surface area contributed by atoms with Gasteiger partial charge in [0.05, 0.1) is 52.1 Å². The molecule has 0 aromatic rings. The fourth-order valence-electron chi connectivity index (χ4n) is 5.81. The van der Waals surface area contributed by atoms with Crippen molar-refractivity contribution in [3.8, 4) is 0 Å². The van der Waals surface area contributed by atoms with Crippen molar-refractivity contribution < 1.29 is 38.1 Å². The monoisotopic (exact) mass is 806 g/mol. The molecular weight excluding hydrogens is 723 g/mol. The summed E-state index contributed by atoms with van der Waals surface area (Å²) in [5.41, 5.74) is 0. The van der Waals surface area contributed by atoms with Crippen molar-refractivity contribution in [1.82, 2.24) is 14.7 Å². The average molecular weight is 806 g/mol. The molecule has 330 valence electrons. The third-order valence-electron chi connectivity index (χ3n) is 9.34. The Morgan fingerprint density at radius 1 is 0.368 bits per heavy atom. The van der Waals surface area contributed by atoms with Gasteiger partial charge in [-0.05, 0) is 91.0 Å². The Hall–Kier alpha value is -3.02. The largest absolute Gasteiger partial charge is 0.466 e. The summed E-state index contributed by atoms with van der Waals surface area (Å²) < 4.78 is 21.6. The second-order valence-electron chi connectivity index (χ2n) is 14.8. The first-order valence-electron chi connectivity index (χ1n) is 22.5. The molecule has 0 aliphatic heterocycles. The van der Waals surface area contributed by atoms with Crippen LogP contribution in [0.15, 0.2) is 36.5 Å². The highest BCUT2D eigenvalue weighted by molar-refractivity contribution is 5.71. The van der Waals surface area contributed by atoms with E-state index in [1.807, 2.05) is 6.92 Å². The van der Waals surface area contributed by atoms with E-state index < -0.39 is 0 Å². The Morgan fingerprint density at radius 2 is 0.667 bits per heavy atom. The Kier molecular flexibility index (Phi) is 39.0. The summed E-state index contributed by atoms with van der Waals surface area (Å²) >= 11 is 0. The molecule has 0 heterocycles. The van der Waals surface area contributed by atoms with E-state index in [-0.39, 0.29) is 49.6 Å². The number of hydrogen-bond acceptors (Lipinski definition) is 11. The summed E-state index contributed by atoms with van der Waals surface area (Å²) in [6, 6.07) is 0. The summed E-state index contributed by atoms with van der Waals surface area (Å²) in [6.07, 6.45) is 28.6. The smallest absolute Gasteiger partial charge is 0.307 e. The van der Waals surface area contributed by atoms with Gasteiger partial charge in [-0.25, -0.2) is 0 Å². The molecule has 0 aliphatic rings. The lowest BCUT2D eigenvalue weighted by Crippen LogP contribution is -2.34. The van der Waals surface area contributed by atoms with Gasteiger partial charge in [-0.3, -0.25) is 19.2 Å². The number of unbranched alkanes of at least 4 members (excludes halogenated alkanes) is 6. The Labute approximate surface area is 347 Å². The van der Waals surface area contributed by atoms with Gasteiger partial charge in [0.25, 0.3) is 0 Å². The van der Waals surface area contributed by atoms with Gasteiger partial charge in [0.15, 0.2) is 0 Å². The van der Waals surface area contributed by atoms with Crippen LogP contribution in [0.3, 0.4) is 0 Å². The SMILES string of the molecule is CCCC/C=C\CCOC(=O)CCN(CCCN(C)CCCN(CCC(=O)OCC/C=C\CCCC)CCC(=O)OCC/C=C\CCCC)CCC(=O)OCCC. The number of rotatable bonds is 40. The van der Waals surface area contributed by atoms with E-state index in [9.17, 15) is 19.2 Å². The highest BCUT2D eigenvalue weighted by Gasteiger charge is 2.15. The van der Waals surface area contributed by atoms with Crippen LogP contribution in [-0.2, 0) is 38.1 Å². The maximum atomic E-state index is 12.5. The zero-order valence-corrected chi connectivity index (χ0v) is 37.0. The van der Waals surface area contributed by atoms with Crippen LogP contribution in [0, 0.1) is 0 Å². The molecule has 0 saturated heterocycles. The molecule has 0 atom stereocenters. The minimum absolute atomic E-state index is 0.215. The Bertz CT molecular complexity index is 1040. The first kappa shape index (κ1) is 54.0. The predicted octanol–water partition coefficient (Wildman–Crippen LogP) is 8.86. The van der Waals surface area contributed by atoms with E-state index in [1.165, 1.54) is 25.7 Å². The molecule has 11 nitrogen and oxygen atoms in total. The molecule has 0 spiro atoms. The summed E-state index contributed by atoms with van der Waals surface area (Å²) in [4.78, 5) is 56.3. The number of carbonyl (C=O) groups excluding carboxylic acids is 4. The Balaban J connectivity index is 4.92. The highest BCUT2D eigenvalue weighted by Crippen LogP contribution is 2.06. The van der Waals surface area contributed by atoms with Gasteiger partial charge in [0.2, 0.25) is 0 Å². The van der Waals surface area contributed by atoms with Gasteiger partial charge in [0, 0.05) is 26.2 Å². The number of hydrogen-bond donors (Lipinski definition) is 0. The normalized spacial score (nSPS) is 11.9. The lowest BCUT2D eigenvalue weighted by molar-refractivity contribution is -0.145. The van der Waals surface area contributed by atoms with Crippen molar-refractivity contribution in [3.63, 3.8) is 0 Å². The highest BCUT2D eigenvalue weighted by atomic mass is 16.5. The molecule has 57 heavy (non-hydrogen) atoms. The van der Waals surface area contributed by atoms with Crippen molar-refractivity contribution in [3.05, 3.63) is 36.5 Å². The number of allylic oxidation sites excluding steroid dienone is 3. The molecule has 0 N–H and O–H groups in total. The molecule has 0 aliphatic carbocycles. The van der Waals surface area contributed by atoms with E-state index in [0.29, 0.717) is 52.6 Å². The fourth-order valence-corrected chi connectivity index (χ4v) is 5.81. The number of nitrogens with zero attached hydrogens (tertiary/aromatic N) is 3. The molecule has 0 aromatic carbocycles. The lowest BCUT2D eigenvalue weighted by Gasteiger charge is -2.25. The van der Waals surface area contributed by atoms with Crippen LogP contribution in [0.25, 0.3) is 0 Å². The third-order valence-corrected chi connectivity index (χ3v) is 9.34. The zero-order chi connectivity index (χ0) is 42.0. The minimum Gasteiger partial charge on any atom is -0.466 e. The third kappa shape index (κ3) is 38.3. The molecule has 0 rings (SSSR count). The summed E-state index contributed by atoms with van der Waals surface area (Å²) in [7, 11) is 2.09. The van der Waals surface area contributed by atoms with Crippen LogP contribution in [0.1, 0.15) is 150 Å². The summed E-state index contributed by atoms with van der Waals surface area (Å²) in [5, 5.41) is 0. The molecular formula is C46H83N3O8. The van der Waals surface area contributed by atoms with E-state index in [4.69, 9.17) is 18.9 Å². The summed E-state index contributed by atoms with van der Waals surface area (Å²) in [5.74, 6) is -0.873. The lowest BCUT2D eigenvalue weighted by atomic mass is 10.2.